The molecule has 0 spiro atoms. The number of carbonyl (C=O) groups excluding carboxylic acids is 1. The summed E-state index contributed by atoms with van der Waals surface area (Å²) < 4.78 is 31.9. The van der Waals surface area contributed by atoms with Crippen LogP contribution < -0.4 is 5.32 Å². The summed E-state index contributed by atoms with van der Waals surface area (Å²) in [6.45, 7) is 3.68. The van der Waals surface area contributed by atoms with Gasteiger partial charge in [0.05, 0.1) is 12.7 Å². The highest BCUT2D eigenvalue weighted by atomic mass is 19.2. The summed E-state index contributed by atoms with van der Waals surface area (Å²) >= 11 is 0. The number of rotatable bonds is 6. The van der Waals surface area contributed by atoms with Crippen LogP contribution in [0, 0.1) is 11.6 Å². The first-order valence-corrected chi connectivity index (χ1v) is 8.75. The third-order valence-electron chi connectivity index (χ3n) is 4.44. The Morgan fingerprint density at radius 3 is 2.73 bits per heavy atom. The van der Waals surface area contributed by atoms with E-state index >= 15 is 0 Å². The molecule has 1 saturated heterocycles. The van der Waals surface area contributed by atoms with Crippen molar-refractivity contribution >= 4 is 5.91 Å². The van der Waals surface area contributed by atoms with Crippen LogP contribution in [0.4, 0.5) is 8.78 Å². The third kappa shape index (κ3) is 4.86. The summed E-state index contributed by atoms with van der Waals surface area (Å²) in [5, 5.41) is 2.74. The predicted molar refractivity (Wildman–Crippen MR) is 94.9 cm³/mol. The van der Waals surface area contributed by atoms with E-state index in [2.05, 4.69) is 22.3 Å². The molecule has 1 fully saturated rings. The van der Waals surface area contributed by atoms with E-state index in [9.17, 15) is 13.6 Å². The molecule has 3 rings (SSSR count). The molecule has 2 aromatic carbocycles. The van der Waals surface area contributed by atoms with E-state index in [0.29, 0.717) is 13.2 Å². The third-order valence-corrected chi connectivity index (χ3v) is 4.44. The molecule has 0 aliphatic carbocycles. The van der Waals surface area contributed by atoms with E-state index in [0.717, 1.165) is 38.2 Å². The smallest absolute Gasteiger partial charge is 0.251 e. The summed E-state index contributed by atoms with van der Waals surface area (Å²) in [6.07, 6.45) is 0.846. The average molecular weight is 360 g/mol. The fourth-order valence-electron chi connectivity index (χ4n) is 3.02. The number of hydrogen-bond donors (Lipinski definition) is 1. The molecule has 0 bridgehead atoms. The van der Waals surface area contributed by atoms with Crippen LogP contribution in [-0.2, 0) is 4.74 Å². The minimum atomic E-state index is -1.02. The van der Waals surface area contributed by atoms with Gasteiger partial charge < -0.3 is 10.1 Å². The average Bonchev–Trinajstić information content (AvgIpc) is 2.68. The Morgan fingerprint density at radius 2 is 1.96 bits per heavy atom. The largest absolute Gasteiger partial charge is 0.371 e. The lowest BCUT2D eigenvalue weighted by Gasteiger charge is -2.33. The number of nitrogens with zero attached hydrogens (tertiary/aromatic N) is 1. The van der Waals surface area contributed by atoms with Crippen molar-refractivity contribution in [2.45, 2.75) is 12.5 Å². The van der Waals surface area contributed by atoms with Crippen molar-refractivity contribution in [1.82, 2.24) is 10.2 Å². The highest BCUT2D eigenvalue weighted by molar-refractivity contribution is 5.94. The first kappa shape index (κ1) is 18.5. The second-order valence-corrected chi connectivity index (χ2v) is 6.31. The first-order valence-electron chi connectivity index (χ1n) is 8.75. The first-order chi connectivity index (χ1) is 12.6. The molecule has 1 amide bonds. The summed E-state index contributed by atoms with van der Waals surface area (Å²) in [7, 11) is 0. The van der Waals surface area contributed by atoms with Crippen LogP contribution in [0.2, 0.25) is 0 Å². The Kier molecular flexibility index (Phi) is 6.30. The number of benzene rings is 2. The monoisotopic (exact) mass is 360 g/mol. The molecule has 1 aliphatic heterocycles. The zero-order valence-corrected chi connectivity index (χ0v) is 14.5. The molecular weight excluding hydrogens is 338 g/mol. The maximum atomic E-state index is 13.2. The van der Waals surface area contributed by atoms with Gasteiger partial charge in [-0.2, -0.15) is 0 Å². The molecule has 1 N–H and O–H groups in total. The molecule has 1 aliphatic rings. The number of carbonyl (C=O) groups is 1. The van der Waals surface area contributed by atoms with Gasteiger partial charge in [-0.15, -0.1) is 0 Å². The Morgan fingerprint density at radius 1 is 1.15 bits per heavy atom. The standard InChI is InChI=1S/C20H22F2N2O2/c21-17-8-7-16(13-18(17)22)20(25)23-9-4-10-24-11-12-26-19(14-24)15-5-2-1-3-6-15/h1-3,5-8,13,19H,4,9-12,14H2,(H,23,25). The maximum absolute atomic E-state index is 13.2. The summed E-state index contributed by atoms with van der Waals surface area (Å²) in [4.78, 5) is 14.3. The highest BCUT2D eigenvalue weighted by Gasteiger charge is 2.21. The topological polar surface area (TPSA) is 41.6 Å². The van der Waals surface area contributed by atoms with Gasteiger partial charge in [-0.3, -0.25) is 9.69 Å². The van der Waals surface area contributed by atoms with Gasteiger partial charge in [-0.1, -0.05) is 30.3 Å². The van der Waals surface area contributed by atoms with E-state index in [1.807, 2.05) is 18.2 Å². The predicted octanol–water partition coefficient (Wildman–Crippen LogP) is 3.16. The lowest BCUT2D eigenvalue weighted by molar-refractivity contribution is -0.0301. The molecule has 26 heavy (non-hydrogen) atoms. The number of hydrogen-bond acceptors (Lipinski definition) is 3. The van der Waals surface area contributed by atoms with Gasteiger partial charge >= 0.3 is 0 Å². The van der Waals surface area contributed by atoms with Crippen molar-refractivity contribution in [2.75, 3.05) is 32.8 Å². The fraction of sp³-hybridized carbons (Fsp3) is 0.350. The van der Waals surface area contributed by atoms with Gasteiger partial charge in [0.2, 0.25) is 0 Å². The van der Waals surface area contributed by atoms with E-state index in [1.54, 1.807) is 0 Å². The lowest BCUT2D eigenvalue weighted by atomic mass is 10.1. The minimum Gasteiger partial charge on any atom is -0.371 e. The van der Waals surface area contributed by atoms with Gasteiger partial charge in [0.1, 0.15) is 0 Å². The zero-order valence-electron chi connectivity index (χ0n) is 14.5. The summed E-state index contributed by atoms with van der Waals surface area (Å²) in [6, 6.07) is 13.3. The second-order valence-electron chi connectivity index (χ2n) is 6.31. The minimum absolute atomic E-state index is 0.0710. The van der Waals surface area contributed by atoms with Crippen LogP contribution >= 0.6 is 0 Å². The Hall–Kier alpha value is -2.31. The maximum Gasteiger partial charge on any atom is 0.251 e. The molecule has 0 saturated carbocycles. The Balaban J connectivity index is 1.41. The SMILES string of the molecule is O=C(NCCCN1CCOC(c2ccccc2)C1)c1ccc(F)c(F)c1. The van der Waals surface area contributed by atoms with Crippen molar-refractivity contribution in [3.8, 4) is 0 Å². The van der Waals surface area contributed by atoms with Crippen LogP contribution in [0.15, 0.2) is 48.5 Å². The molecule has 1 unspecified atom stereocenters. The van der Waals surface area contributed by atoms with Crippen LogP contribution in [0.1, 0.15) is 28.4 Å². The van der Waals surface area contributed by atoms with Gasteiger partial charge in [-0.05, 0) is 30.2 Å². The van der Waals surface area contributed by atoms with Gasteiger partial charge in [0.25, 0.3) is 5.91 Å². The van der Waals surface area contributed by atoms with Crippen molar-refractivity contribution in [2.24, 2.45) is 0 Å². The summed E-state index contributed by atoms with van der Waals surface area (Å²) in [5.74, 6) is -2.37. The molecule has 6 heteroatoms. The van der Waals surface area contributed by atoms with Gasteiger partial charge in [0.15, 0.2) is 11.6 Å². The van der Waals surface area contributed by atoms with Crippen molar-refractivity contribution < 1.29 is 18.3 Å². The number of amides is 1. The van der Waals surface area contributed by atoms with Crippen LogP contribution in [0.3, 0.4) is 0 Å². The molecule has 4 nitrogen and oxygen atoms in total. The molecule has 138 valence electrons. The van der Waals surface area contributed by atoms with Gasteiger partial charge in [0, 0.05) is 31.7 Å². The Bertz CT molecular complexity index is 740. The number of ether oxygens (including phenoxy) is 1. The van der Waals surface area contributed by atoms with Crippen molar-refractivity contribution in [3.63, 3.8) is 0 Å². The van der Waals surface area contributed by atoms with Crippen LogP contribution in [0.25, 0.3) is 0 Å². The molecule has 2 aromatic rings. The number of nitrogens with one attached hydrogen (secondary N) is 1. The van der Waals surface area contributed by atoms with Crippen LogP contribution in [-0.4, -0.2) is 43.6 Å². The molecule has 1 atom stereocenters. The van der Waals surface area contributed by atoms with Crippen molar-refractivity contribution in [1.29, 1.82) is 0 Å². The van der Waals surface area contributed by atoms with Crippen LogP contribution in [0.5, 0.6) is 0 Å². The second kappa shape index (κ2) is 8.87. The quantitative estimate of drug-likeness (QED) is 0.805. The van der Waals surface area contributed by atoms with Gasteiger partial charge in [-0.25, -0.2) is 8.78 Å². The molecule has 1 heterocycles. The van der Waals surface area contributed by atoms with E-state index < -0.39 is 17.5 Å². The fourth-order valence-corrected chi connectivity index (χ4v) is 3.02. The zero-order chi connectivity index (χ0) is 18.4. The molecule has 0 radical (unpaired) electrons. The lowest BCUT2D eigenvalue weighted by Crippen LogP contribution is -2.39. The molecule has 0 aromatic heterocycles. The van der Waals surface area contributed by atoms with E-state index in [1.165, 1.54) is 11.6 Å². The van der Waals surface area contributed by atoms with E-state index in [-0.39, 0.29) is 11.7 Å². The number of morpholine rings is 1. The normalized spacial score (nSPS) is 17.8. The summed E-state index contributed by atoms with van der Waals surface area (Å²) in [5.41, 5.74) is 1.29. The van der Waals surface area contributed by atoms with E-state index in [4.69, 9.17) is 4.74 Å². The number of halogens is 2. The van der Waals surface area contributed by atoms with Crippen molar-refractivity contribution in [3.05, 3.63) is 71.3 Å². The molecular formula is C20H22F2N2O2. The highest BCUT2D eigenvalue weighted by Crippen LogP contribution is 2.21. The Labute approximate surface area is 151 Å².